The predicted octanol–water partition coefficient (Wildman–Crippen LogP) is 1.23. The van der Waals surface area contributed by atoms with E-state index in [4.69, 9.17) is 0 Å². The zero-order chi connectivity index (χ0) is 18.0. The largest absolute Gasteiger partial charge is 0.354 e. The number of carbonyl (C=O) groups is 1. The Labute approximate surface area is 156 Å². The molecule has 3 fully saturated rings. The monoisotopic (exact) mass is 357 g/mol. The quantitative estimate of drug-likeness (QED) is 0.849. The van der Waals surface area contributed by atoms with E-state index in [0.717, 1.165) is 57.1 Å². The molecule has 1 saturated carbocycles. The van der Waals surface area contributed by atoms with Crippen molar-refractivity contribution in [2.75, 3.05) is 51.2 Å². The number of hydrogen-bond donors (Lipinski definition) is 2. The third-order valence-corrected chi connectivity index (χ3v) is 6.58. The van der Waals surface area contributed by atoms with Gasteiger partial charge in [0.2, 0.25) is 5.91 Å². The summed E-state index contributed by atoms with van der Waals surface area (Å²) < 4.78 is 0. The fourth-order valence-corrected chi connectivity index (χ4v) is 4.83. The molecular weight excluding hydrogens is 326 g/mol. The zero-order valence-corrected chi connectivity index (χ0v) is 15.8. The molecule has 1 amide bonds. The van der Waals surface area contributed by atoms with Crippen molar-refractivity contribution in [2.24, 2.45) is 11.3 Å². The number of hydrogen-bond acceptors (Lipinski definition) is 5. The normalized spacial score (nSPS) is 29.4. The second-order valence-corrected chi connectivity index (χ2v) is 8.23. The van der Waals surface area contributed by atoms with Crippen molar-refractivity contribution in [3.8, 4) is 0 Å². The number of pyridine rings is 1. The van der Waals surface area contributed by atoms with Crippen LogP contribution in [0.1, 0.15) is 31.2 Å². The van der Waals surface area contributed by atoms with E-state index in [1.807, 2.05) is 12.3 Å². The van der Waals surface area contributed by atoms with Crippen molar-refractivity contribution in [2.45, 2.75) is 32.2 Å². The van der Waals surface area contributed by atoms with Crippen LogP contribution in [0.3, 0.4) is 0 Å². The molecule has 3 aliphatic rings. The Balaban J connectivity index is 1.39. The number of piperazine rings is 1. The highest BCUT2D eigenvalue weighted by molar-refractivity contribution is 5.83. The van der Waals surface area contributed by atoms with Gasteiger partial charge < -0.3 is 20.4 Å². The van der Waals surface area contributed by atoms with Crippen LogP contribution in [0.15, 0.2) is 18.3 Å². The van der Waals surface area contributed by atoms with Gasteiger partial charge in [0.15, 0.2) is 0 Å². The number of nitrogens with one attached hydrogen (secondary N) is 2. The lowest BCUT2D eigenvalue weighted by Gasteiger charge is -2.37. The lowest BCUT2D eigenvalue weighted by molar-refractivity contribution is -0.134. The number of likely N-dealkylation sites (N-methyl/N-ethyl adjacent to an activating group) is 1. The van der Waals surface area contributed by atoms with Crippen LogP contribution in [0.4, 0.5) is 5.82 Å². The Morgan fingerprint density at radius 1 is 1.35 bits per heavy atom. The van der Waals surface area contributed by atoms with Crippen LogP contribution < -0.4 is 15.5 Å². The molecule has 1 aromatic heterocycles. The third-order valence-electron chi connectivity index (χ3n) is 6.58. The first-order valence-corrected chi connectivity index (χ1v) is 10.0. The van der Waals surface area contributed by atoms with Crippen molar-refractivity contribution in [3.05, 3.63) is 23.9 Å². The van der Waals surface area contributed by atoms with E-state index >= 15 is 0 Å². The summed E-state index contributed by atoms with van der Waals surface area (Å²) in [6.07, 6.45) is 6.52. The lowest BCUT2D eigenvalue weighted by atomic mass is 9.67. The van der Waals surface area contributed by atoms with Gasteiger partial charge in [-0.2, -0.15) is 0 Å². The van der Waals surface area contributed by atoms with Crippen molar-refractivity contribution in [1.82, 2.24) is 20.5 Å². The Bertz CT molecular complexity index is 643. The summed E-state index contributed by atoms with van der Waals surface area (Å²) in [6, 6.07) is 4.15. The second-order valence-electron chi connectivity index (χ2n) is 8.23. The molecule has 4 rings (SSSR count). The van der Waals surface area contributed by atoms with Gasteiger partial charge in [-0.05, 0) is 50.0 Å². The van der Waals surface area contributed by atoms with E-state index in [2.05, 4.69) is 38.5 Å². The maximum Gasteiger partial charge on any atom is 0.228 e. The average molecular weight is 358 g/mol. The van der Waals surface area contributed by atoms with E-state index in [1.165, 1.54) is 19.3 Å². The molecule has 142 valence electrons. The minimum Gasteiger partial charge on any atom is -0.354 e. The number of aromatic nitrogens is 1. The smallest absolute Gasteiger partial charge is 0.228 e. The molecule has 0 aromatic carbocycles. The molecule has 2 saturated heterocycles. The van der Waals surface area contributed by atoms with Gasteiger partial charge in [-0.25, -0.2) is 4.98 Å². The molecule has 2 aliphatic heterocycles. The van der Waals surface area contributed by atoms with Crippen molar-refractivity contribution in [3.63, 3.8) is 0 Å². The molecule has 0 unspecified atom stereocenters. The first kappa shape index (κ1) is 17.7. The minimum absolute atomic E-state index is 0.175. The van der Waals surface area contributed by atoms with E-state index in [1.54, 1.807) is 0 Å². The fourth-order valence-electron chi connectivity index (χ4n) is 4.83. The zero-order valence-electron chi connectivity index (χ0n) is 15.8. The average Bonchev–Trinajstić information content (AvgIpc) is 3.12. The van der Waals surface area contributed by atoms with Crippen LogP contribution in [0.5, 0.6) is 0 Å². The molecule has 2 atom stereocenters. The molecule has 26 heavy (non-hydrogen) atoms. The molecule has 6 nitrogen and oxygen atoms in total. The number of anilines is 1. The number of rotatable bonds is 4. The summed E-state index contributed by atoms with van der Waals surface area (Å²) in [4.78, 5) is 22.2. The van der Waals surface area contributed by atoms with E-state index in [9.17, 15) is 4.79 Å². The predicted molar refractivity (Wildman–Crippen MR) is 103 cm³/mol. The van der Waals surface area contributed by atoms with Crippen LogP contribution in [-0.2, 0) is 11.3 Å². The lowest BCUT2D eigenvalue weighted by Crippen LogP contribution is -2.47. The molecule has 1 aliphatic carbocycles. The van der Waals surface area contributed by atoms with Gasteiger partial charge in [0, 0.05) is 45.5 Å². The molecule has 0 spiro atoms. The number of nitrogens with zero attached hydrogens (tertiary/aromatic N) is 3. The topological polar surface area (TPSA) is 60.5 Å². The Morgan fingerprint density at radius 3 is 3.04 bits per heavy atom. The van der Waals surface area contributed by atoms with Crippen molar-refractivity contribution >= 4 is 11.7 Å². The SMILES string of the molecule is CN1CCN(c2cc(CNC(=O)[C@@]34CCCC[C@H]3CNC4)ccn2)CC1. The molecular formula is C20H31N5O. The van der Waals surface area contributed by atoms with Crippen LogP contribution in [0.25, 0.3) is 0 Å². The van der Waals surface area contributed by atoms with Crippen LogP contribution in [0, 0.1) is 11.3 Å². The van der Waals surface area contributed by atoms with Gasteiger partial charge in [-0.1, -0.05) is 12.8 Å². The summed E-state index contributed by atoms with van der Waals surface area (Å²) in [5, 5.41) is 6.69. The molecule has 2 N–H and O–H groups in total. The second kappa shape index (κ2) is 7.53. The minimum atomic E-state index is -0.175. The molecule has 1 aromatic rings. The molecule has 6 heteroatoms. The Hall–Kier alpha value is -1.66. The summed E-state index contributed by atoms with van der Waals surface area (Å²) in [5.41, 5.74) is 0.961. The molecule has 0 bridgehead atoms. The third kappa shape index (κ3) is 3.45. The maximum atomic E-state index is 13.0. The Kier molecular flexibility index (Phi) is 5.14. The standard InChI is InChI=1S/C20H31N5O/c1-24-8-10-25(11-9-24)18-12-16(5-7-22-18)13-23-19(26)20-6-3-2-4-17(20)14-21-15-20/h5,7,12,17,21H,2-4,6,8-11,13-15H2,1H3,(H,23,26)/t17-,20+/m0/s1. The van der Waals surface area contributed by atoms with Gasteiger partial charge in [-0.3, -0.25) is 4.79 Å². The molecule has 0 radical (unpaired) electrons. The summed E-state index contributed by atoms with van der Waals surface area (Å²) in [6.45, 7) is 6.59. The van der Waals surface area contributed by atoms with E-state index in [-0.39, 0.29) is 11.3 Å². The summed E-state index contributed by atoms with van der Waals surface area (Å²) >= 11 is 0. The maximum absolute atomic E-state index is 13.0. The highest BCUT2D eigenvalue weighted by Crippen LogP contribution is 2.43. The summed E-state index contributed by atoms with van der Waals surface area (Å²) in [5.74, 6) is 1.78. The summed E-state index contributed by atoms with van der Waals surface area (Å²) in [7, 11) is 2.16. The van der Waals surface area contributed by atoms with Crippen LogP contribution in [-0.4, -0.2) is 62.1 Å². The van der Waals surface area contributed by atoms with Gasteiger partial charge in [0.1, 0.15) is 5.82 Å². The highest BCUT2D eigenvalue weighted by Gasteiger charge is 2.49. The van der Waals surface area contributed by atoms with E-state index < -0.39 is 0 Å². The van der Waals surface area contributed by atoms with Crippen molar-refractivity contribution < 1.29 is 4.79 Å². The number of amides is 1. The number of carbonyl (C=O) groups excluding carboxylic acids is 1. The van der Waals surface area contributed by atoms with Gasteiger partial charge >= 0.3 is 0 Å². The van der Waals surface area contributed by atoms with E-state index in [0.29, 0.717) is 12.5 Å². The van der Waals surface area contributed by atoms with Gasteiger partial charge in [-0.15, -0.1) is 0 Å². The number of fused-ring (bicyclic) bond motifs is 1. The highest BCUT2D eigenvalue weighted by atomic mass is 16.2. The first-order valence-electron chi connectivity index (χ1n) is 10.0. The first-order chi connectivity index (χ1) is 12.7. The Morgan fingerprint density at radius 2 is 2.19 bits per heavy atom. The molecule has 3 heterocycles. The van der Waals surface area contributed by atoms with Gasteiger partial charge in [0.05, 0.1) is 5.41 Å². The van der Waals surface area contributed by atoms with Crippen molar-refractivity contribution in [1.29, 1.82) is 0 Å². The van der Waals surface area contributed by atoms with Gasteiger partial charge in [0.25, 0.3) is 0 Å². The van der Waals surface area contributed by atoms with Crippen LogP contribution >= 0.6 is 0 Å². The van der Waals surface area contributed by atoms with Crippen LogP contribution in [0.2, 0.25) is 0 Å². The fraction of sp³-hybridized carbons (Fsp3) is 0.700.